The van der Waals surface area contributed by atoms with Gasteiger partial charge in [-0.15, -0.1) is 0 Å². The van der Waals surface area contributed by atoms with E-state index in [0.29, 0.717) is 28.0 Å². The lowest BCUT2D eigenvalue weighted by atomic mass is 9.80. The predicted molar refractivity (Wildman–Crippen MR) is 96.9 cm³/mol. The molecular weight excluding hydrogens is 373 g/mol. The number of halogens is 3. The number of hydrogen-bond donors (Lipinski definition) is 1. The topological polar surface area (TPSA) is 56.1 Å². The van der Waals surface area contributed by atoms with Crippen molar-refractivity contribution in [3.63, 3.8) is 0 Å². The number of nitrogens with zero attached hydrogens (tertiary/aromatic N) is 2. The Kier molecular flexibility index (Phi) is 5.06. The van der Waals surface area contributed by atoms with Crippen LogP contribution in [0.3, 0.4) is 0 Å². The van der Waals surface area contributed by atoms with Crippen molar-refractivity contribution in [2.75, 3.05) is 19.0 Å². The molecular formula is C16H16Cl3N3O2. The van der Waals surface area contributed by atoms with Crippen molar-refractivity contribution >= 4 is 40.5 Å². The van der Waals surface area contributed by atoms with Gasteiger partial charge in [-0.05, 0) is 37.5 Å². The Bertz CT molecular complexity index is 813. The summed E-state index contributed by atoms with van der Waals surface area (Å²) in [5.74, 6) is 0. The fourth-order valence-corrected chi connectivity index (χ4v) is 3.35. The van der Waals surface area contributed by atoms with Gasteiger partial charge in [-0.2, -0.15) is 9.78 Å². The third kappa shape index (κ3) is 3.26. The fraction of sp³-hybridized carbons (Fsp3) is 0.375. The van der Waals surface area contributed by atoms with Gasteiger partial charge < -0.3 is 10.1 Å². The van der Waals surface area contributed by atoms with Gasteiger partial charge in [0, 0.05) is 18.7 Å². The second-order valence-corrected chi connectivity index (χ2v) is 7.00. The van der Waals surface area contributed by atoms with Gasteiger partial charge in [0.25, 0.3) is 5.56 Å². The van der Waals surface area contributed by atoms with Crippen LogP contribution in [0.5, 0.6) is 0 Å². The van der Waals surface area contributed by atoms with Crippen LogP contribution in [0.1, 0.15) is 19.3 Å². The maximum Gasteiger partial charge on any atom is 0.292 e. The van der Waals surface area contributed by atoms with Crippen molar-refractivity contribution in [1.29, 1.82) is 0 Å². The number of nitrogens with one attached hydrogen (secondary N) is 1. The molecule has 1 aliphatic rings. The lowest BCUT2D eigenvalue weighted by Gasteiger charge is -2.40. The van der Waals surface area contributed by atoms with E-state index in [4.69, 9.17) is 39.5 Å². The van der Waals surface area contributed by atoms with Crippen molar-refractivity contribution in [1.82, 2.24) is 9.78 Å². The Morgan fingerprint density at radius 3 is 2.67 bits per heavy atom. The Balaban J connectivity index is 1.87. The van der Waals surface area contributed by atoms with Crippen LogP contribution in [-0.2, 0) is 4.74 Å². The van der Waals surface area contributed by atoms with Crippen molar-refractivity contribution in [2.45, 2.75) is 24.9 Å². The monoisotopic (exact) mass is 387 g/mol. The molecule has 0 amide bonds. The molecule has 24 heavy (non-hydrogen) atoms. The predicted octanol–water partition coefficient (Wildman–Crippen LogP) is 4.17. The van der Waals surface area contributed by atoms with Crippen LogP contribution in [0.25, 0.3) is 5.69 Å². The number of benzene rings is 1. The third-order valence-corrected chi connectivity index (χ3v) is 5.26. The highest BCUT2D eigenvalue weighted by molar-refractivity contribution is 6.36. The summed E-state index contributed by atoms with van der Waals surface area (Å²) in [4.78, 5) is 12.5. The van der Waals surface area contributed by atoms with E-state index >= 15 is 0 Å². The van der Waals surface area contributed by atoms with Crippen LogP contribution in [0.2, 0.25) is 15.1 Å². The SMILES string of the molecule is COC1(CNc2cnn(-c3ccc(Cl)cc3Cl)c(=O)c2Cl)CCC1. The number of anilines is 1. The summed E-state index contributed by atoms with van der Waals surface area (Å²) >= 11 is 18.2. The number of methoxy groups -OCH3 is 1. The second kappa shape index (κ2) is 6.92. The van der Waals surface area contributed by atoms with E-state index in [9.17, 15) is 4.79 Å². The van der Waals surface area contributed by atoms with Gasteiger partial charge in [-0.25, -0.2) is 0 Å². The Hall–Kier alpha value is -1.27. The number of rotatable bonds is 5. The molecule has 1 aromatic carbocycles. The maximum absolute atomic E-state index is 12.5. The molecule has 1 aromatic heterocycles. The third-order valence-electron chi connectivity index (χ3n) is 4.36. The first-order valence-corrected chi connectivity index (χ1v) is 8.61. The fourth-order valence-electron chi connectivity index (χ4n) is 2.66. The normalized spacial score (nSPS) is 15.8. The van der Waals surface area contributed by atoms with Gasteiger partial charge in [0.2, 0.25) is 0 Å². The van der Waals surface area contributed by atoms with Gasteiger partial charge in [0.1, 0.15) is 5.02 Å². The van der Waals surface area contributed by atoms with Gasteiger partial charge in [-0.3, -0.25) is 4.79 Å². The quantitative estimate of drug-likeness (QED) is 0.835. The summed E-state index contributed by atoms with van der Waals surface area (Å²) in [6, 6.07) is 4.80. The van der Waals surface area contributed by atoms with Crippen LogP contribution in [0, 0.1) is 0 Å². The standard InChI is InChI=1S/C16H16Cl3N3O2/c1-24-16(5-2-6-16)9-20-12-8-21-22(15(23)14(12)19)13-4-3-10(17)7-11(13)18/h3-4,7-8,20H,2,5-6,9H2,1H3. The zero-order valence-corrected chi connectivity index (χ0v) is 15.3. The van der Waals surface area contributed by atoms with E-state index in [-0.39, 0.29) is 10.6 Å². The molecule has 1 saturated carbocycles. The van der Waals surface area contributed by atoms with Gasteiger partial charge in [0.15, 0.2) is 0 Å². The molecule has 1 heterocycles. The lowest BCUT2D eigenvalue weighted by molar-refractivity contribution is -0.0601. The average molecular weight is 389 g/mol. The molecule has 128 valence electrons. The number of ether oxygens (including phenoxy) is 1. The van der Waals surface area contributed by atoms with Crippen LogP contribution < -0.4 is 10.9 Å². The first-order valence-electron chi connectivity index (χ1n) is 7.48. The Labute approximate surface area is 154 Å². The molecule has 3 rings (SSSR count). The van der Waals surface area contributed by atoms with Crippen molar-refractivity contribution in [3.05, 3.63) is 49.8 Å². The van der Waals surface area contributed by atoms with E-state index in [2.05, 4.69) is 10.4 Å². The number of aromatic nitrogens is 2. The minimum atomic E-state index is -0.453. The summed E-state index contributed by atoms with van der Waals surface area (Å²) in [6.45, 7) is 0.579. The summed E-state index contributed by atoms with van der Waals surface area (Å²) in [5.41, 5.74) is 0.265. The zero-order chi connectivity index (χ0) is 17.3. The van der Waals surface area contributed by atoms with E-state index in [1.807, 2.05) is 0 Å². The minimum absolute atomic E-state index is 0.0570. The molecule has 0 bridgehead atoms. The molecule has 0 radical (unpaired) electrons. The smallest absolute Gasteiger partial charge is 0.292 e. The highest BCUT2D eigenvalue weighted by Crippen LogP contribution is 2.35. The van der Waals surface area contributed by atoms with Crippen molar-refractivity contribution in [2.24, 2.45) is 0 Å². The lowest BCUT2D eigenvalue weighted by Crippen LogP contribution is -2.45. The van der Waals surface area contributed by atoms with Gasteiger partial charge >= 0.3 is 0 Å². The first-order chi connectivity index (χ1) is 11.5. The molecule has 0 unspecified atom stereocenters. The maximum atomic E-state index is 12.5. The molecule has 0 saturated heterocycles. The second-order valence-electron chi connectivity index (χ2n) is 5.78. The molecule has 0 aliphatic heterocycles. The molecule has 0 spiro atoms. The molecule has 1 fully saturated rings. The molecule has 0 atom stereocenters. The van der Waals surface area contributed by atoms with Crippen LogP contribution in [0.15, 0.2) is 29.2 Å². The molecule has 8 heteroatoms. The van der Waals surface area contributed by atoms with E-state index in [0.717, 1.165) is 23.9 Å². The van der Waals surface area contributed by atoms with Crippen LogP contribution >= 0.6 is 34.8 Å². The van der Waals surface area contributed by atoms with Crippen molar-refractivity contribution < 1.29 is 4.74 Å². The minimum Gasteiger partial charge on any atom is -0.379 e. The largest absolute Gasteiger partial charge is 0.379 e. The summed E-state index contributed by atoms with van der Waals surface area (Å²) < 4.78 is 6.70. The van der Waals surface area contributed by atoms with E-state index in [1.165, 1.54) is 6.20 Å². The molecule has 1 aliphatic carbocycles. The molecule has 5 nitrogen and oxygen atoms in total. The Morgan fingerprint density at radius 2 is 2.08 bits per heavy atom. The van der Waals surface area contributed by atoms with E-state index in [1.54, 1.807) is 25.3 Å². The summed E-state index contributed by atoms with van der Waals surface area (Å²) in [6.07, 6.45) is 4.62. The highest BCUT2D eigenvalue weighted by atomic mass is 35.5. The van der Waals surface area contributed by atoms with Gasteiger partial charge in [0.05, 0.1) is 28.2 Å². The van der Waals surface area contributed by atoms with E-state index < -0.39 is 5.56 Å². The summed E-state index contributed by atoms with van der Waals surface area (Å²) in [5, 5.41) is 8.18. The number of hydrogen-bond acceptors (Lipinski definition) is 4. The van der Waals surface area contributed by atoms with Gasteiger partial charge in [-0.1, -0.05) is 34.8 Å². The zero-order valence-electron chi connectivity index (χ0n) is 13.0. The Morgan fingerprint density at radius 1 is 1.33 bits per heavy atom. The van der Waals surface area contributed by atoms with Crippen LogP contribution in [-0.4, -0.2) is 29.0 Å². The molecule has 1 N–H and O–H groups in total. The van der Waals surface area contributed by atoms with Crippen LogP contribution in [0.4, 0.5) is 5.69 Å². The first kappa shape index (κ1) is 17.5. The highest BCUT2D eigenvalue weighted by Gasteiger charge is 2.36. The molecule has 2 aromatic rings. The average Bonchev–Trinajstić information content (AvgIpc) is 2.51. The van der Waals surface area contributed by atoms with Crippen molar-refractivity contribution in [3.8, 4) is 5.69 Å². The summed E-state index contributed by atoms with van der Waals surface area (Å²) in [7, 11) is 1.70.